The molecule has 0 fully saturated rings. The molecule has 2 aromatic heterocycles. The molecule has 16 heavy (non-hydrogen) atoms. The van der Waals surface area contributed by atoms with Gasteiger partial charge in [0, 0.05) is 24.5 Å². The van der Waals surface area contributed by atoms with Gasteiger partial charge in [-0.05, 0) is 22.9 Å². The third-order valence-electron chi connectivity index (χ3n) is 2.01. The molecule has 0 bridgehead atoms. The van der Waals surface area contributed by atoms with Crippen LogP contribution in [0, 0.1) is 6.92 Å². The van der Waals surface area contributed by atoms with E-state index in [1.807, 2.05) is 6.92 Å². The molecular weight excluding hydrogens is 288 g/mol. The third kappa shape index (κ3) is 2.99. The second-order valence-electron chi connectivity index (χ2n) is 3.25. The summed E-state index contributed by atoms with van der Waals surface area (Å²) in [5.74, 6) is 0.821. The van der Waals surface area contributed by atoms with Crippen LogP contribution in [-0.4, -0.2) is 21.5 Å². The summed E-state index contributed by atoms with van der Waals surface area (Å²) in [5.41, 5.74) is 1.13. The minimum atomic E-state index is 0.818. The third-order valence-corrected chi connectivity index (χ3v) is 3.41. The quantitative estimate of drug-likeness (QED) is 0.943. The van der Waals surface area contributed by atoms with E-state index in [0.29, 0.717) is 0 Å². The summed E-state index contributed by atoms with van der Waals surface area (Å²) in [6.07, 6.45) is 4.16. The van der Waals surface area contributed by atoms with Crippen molar-refractivity contribution in [3.8, 4) is 0 Å². The van der Waals surface area contributed by atoms with Crippen LogP contribution in [0.15, 0.2) is 22.4 Å². The van der Waals surface area contributed by atoms with Crippen molar-refractivity contribution < 1.29 is 0 Å². The van der Waals surface area contributed by atoms with E-state index in [0.717, 1.165) is 34.0 Å². The molecule has 4 nitrogen and oxygen atoms in total. The molecule has 0 aliphatic carbocycles. The number of hydrogen-bond acceptors (Lipinski definition) is 5. The lowest BCUT2D eigenvalue weighted by molar-refractivity contribution is 0.955. The molecule has 0 atom stereocenters. The predicted octanol–water partition coefficient (Wildman–Crippen LogP) is 2.66. The van der Waals surface area contributed by atoms with E-state index in [-0.39, 0.29) is 0 Å². The summed E-state index contributed by atoms with van der Waals surface area (Å²) in [4.78, 5) is 12.4. The average molecular weight is 299 g/mol. The molecule has 1 N–H and O–H groups in total. The first kappa shape index (κ1) is 11.5. The van der Waals surface area contributed by atoms with E-state index in [9.17, 15) is 0 Å². The summed E-state index contributed by atoms with van der Waals surface area (Å²) in [7, 11) is 0. The maximum atomic E-state index is 4.40. The number of rotatable bonds is 4. The summed E-state index contributed by atoms with van der Waals surface area (Å²) in [5, 5.41) is 6.44. The van der Waals surface area contributed by atoms with Crippen LogP contribution in [0.4, 0.5) is 5.82 Å². The maximum absolute atomic E-state index is 4.40. The Hall–Kier alpha value is -1.01. The van der Waals surface area contributed by atoms with Gasteiger partial charge in [-0.1, -0.05) is 0 Å². The first-order chi connectivity index (χ1) is 7.75. The highest BCUT2D eigenvalue weighted by Crippen LogP contribution is 2.17. The summed E-state index contributed by atoms with van der Waals surface area (Å²) in [6.45, 7) is 2.83. The van der Waals surface area contributed by atoms with Gasteiger partial charge in [0.05, 0.1) is 15.2 Å². The first-order valence-electron chi connectivity index (χ1n) is 4.86. The molecule has 84 valence electrons. The van der Waals surface area contributed by atoms with Gasteiger partial charge in [0.25, 0.3) is 0 Å². The molecule has 0 aliphatic heterocycles. The summed E-state index contributed by atoms with van der Waals surface area (Å²) >= 11 is 5.07. The Morgan fingerprint density at radius 2 is 2.38 bits per heavy atom. The standard InChI is InChI=1S/C10H11BrN4S/c1-7-15-8(5-16-7)2-3-13-10-9(11)4-12-6-14-10/h4-6H,2-3H2,1H3,(H,12,13,14). The normalized spacial score (nSPS) is 10.4. The molecule has 2 heterocycles. The van der Waals surface area contributed by atoms with Crippen molar-refractivity contribution in [3.63, 3.8) is 0 Å². The van der Waals surface area contributed by atoms with E-state index < -0.39 is 0 Å². The van der Waals surface area contributed by atoms with Crippen LogP contribution in [0.1, 0.15) is 10.7 Å². The largest absolute Gasteiger partial charge is 0.369 e. The van der Waals surface area contributed by atoms with Gasteiger partial charge in [-0.15, -0.1) is 11.3 Å². The number of halogens is 1. The second-order valence-corrected chi connectivity index (χ2v) is 5.17. The van der Waals surface area contributed by atoms with E-state index in [1.54, 1.807) is 17.5 Å². The Kier molecular flexibility index (Phi) is 3.84. The fourth-order valence-electron chi connectivity index (χ4n) is 1.27. The van der Waals surface area contributed by atoms with Crippen LogP contribution < -0.4 is 5.32 Å². The highest BCUT2D eigenvalue weighted by Gasteiger charge is 2.01. The minimum absolute atomic E-state index is 0.818. The Morgan fingerprint density at radius 1 is 1.50 bits per heavy atom. The smallest absolute Gasteiger partial charge is 0.143 e. The number of thiazole rings is 1. The van der Waals surface area contributed by atoms with Crippen LogP contribution in [0.25, 0.3) is 0 Å². The van der Waals surface area contributed by atoms with Crippen molar-refractivity contribution in [1.29, 1.82) is 0 Å². The zero-order valence-corrected chi connectivity index (χ0v) is 11.2. The van der Waals surface area contributed by atoms with Crippen molar-refractivity contribution in [2.24, 2.45) is 0 Å². The highest BCUT2D eigenvalue weighted by atomic mass is 79.9. The number of nitrogens with one attached hydrogen (secondary N) is 1. The van der Waals surface area contributed by atoms with Crippen LogP contribution in [0.2, 0.25) is 0 Å². The maximum Gasteiger partial charge on any atom is 0.143 e. The molecule has 0 spiro atoms. The average Bonchev–Trinajstić information content (AvgIpc) is 2.67. The molecule has 0 saturated heterocycles. The van der Waals surface area contributed by atoms with E-state index in [1.165, 1.54) is 6.33 Å². The van der Waals surface area contributed by atoms with Crippen LogP contribution >= 0.6 is 27.3 Å². The molecule has 6 heteroatoms. The molecule has 0 unspecified atom stereocenters. The van der Waals surface area contributed by atoms with E-state index in [2.05, 4.69) is 41.6 Å². The molecule has 0 amide bonds. The molecule has 2 rings (SSSR count). The van der Waals surface area contributed by atoms with Crippen molar-refractivity contribution in [2.45, 2.75) is 13.3 Å². The summed E-state index contributed by atoms with van der Waals surface area (Å²) < 4.78 is 0.879. The van der Waals surface area contributed by atoms with Crippen molar-refractivity contribution >= 4 is 33.1 Å². The van der Waals surface area contributed by atoms with Crippen LogP contribution in [0.5, 0.6) is 0 Å². The number of nitrogens with zero attached hydrogens (tertiary/aromatic N) is 3. The Morgan fingerprint density at radius 3 is 3.06 bits per heavy atom. The zero-order chi connectivity index (χ0) is 11.4. The second kappa shape index (κ2) is 5.36. The lowest BCUT2D eigenvalue weighted by atomic mass is 10.3. The Bertz CT molecular complexity index is 471. The minimum Gasteiger partial charge on any atom is -0.369 e. The number of aromatic nitrogens is 3. The molecule has 0 aromatic carbocycles. The molecule has 0 radical (unpaired) electrons. The fourth-order valence-corrected chi connectivity index (χ4v) is 2.28. The van der Waals surface area contributed by atoms with Crippen LogP contribution in [0.3, 0.4) is 0 Å². The van der Waals surface area contributed by atoms with Gasteiger partial charge in [-0.3, -0.25) is 0 Å². The molecule has 0 aliphatic rings. The highest BCUT2D eigenvalue weighted by molar-refractivity contribution is 9.10. The van der Waals surface area contributed by atoms with E-state index in [4.69, 9.17) is 0 Å². The Labute approximate surface area is 106 Å². The van der Waals surface area contributed by atoms with Crippen molar-refractivity contribution in [1.82, 2.24) is 15.0 Å². The zero-order valence-electron chi connectivity index (χ0n) is 8.77. The van der Waals surface area contributed by atoms with Gasteiger partial charge >= 0.3 is 0 Å². The van der Waals surface area contributed by atoms with Gasteiger partial charge in [0.1, 0.15) is 12.1 Å². The number of aryl methyl sites for hydroxylation is 1. The van der Waals surface area contributed by atoms with Gasteiger partial charge in [0.2, 0.25) is 0 Å². The van der Waals surface area contributed by atoms with Crippen molar-refractivity contribution in [3.05, 3.63) is 33.1 Å². The monoisotopic (exact) mass is 298 g/mol. The van der Waals surface area contributed by atoms with Crippen molar-refractivity contribution in [2.75, 3.05) is 11.9 Å². The SMILES string of the molecule is Cc1nc(CCNc2ncncc2Br)cs1. The van der Waals surface area contributed by atoms with Gasteiger partial charge in [-0.2, -0.15) is 0 Å². The lowest BCUT2D eigenvalue weighted by Gasteiger charge is -2.04. The molecular formula is C10H11BrN4S. The van der Waals surface area contributed by atoms with Gasteiger partial charge in [0.15, 0.2) is 0 Å². The van der Waals surface area contributed by atoms with Gasteiger partial charge in [-0.25, -0.2) is 15.0 Å². The topological polar surface area (TPSA) is 50.7 Å². The molecule has 2 aromatic rings. The number of hydrogen-bond donors (Lipinski definition) is 1. The van der Waals surface area contributed by atoms with Crippen LogP contribution in [-0.2, 0) is 6.42 Å². The lowest BCUT2D eigenvalue weighted by Crippen LogP contribution is -2.07. The molecule has 0 saturated carbocycles. The fraction of sp³-hybridized carbons (Fsp3) is 0.300. The summed E-state index contributed by atoms with van der Waals surface area (Å²) in [6, 6.07) is 0. The predicted molar refractivity (Wildman–Crippen MR) is 68.8 cm³/mol. The van der Waals surface area contributed by atoms with Gasteiger partial charge < -0.3 is 5.32 Å². The number of anilines is 1. The first-order valence-corrected chi connectivity index (χ1v) is 6.53. The van der Waals surface area contributed by atoms with E-state index >= 15 is 0 Å². The Balaban J connectivity index is 1.87.